The van der Waals surface area contributed by atoms with E-state index in [1.807, 2.05) is 0 Å². The first-order valence-electron chi connectivity index (χ1n) is 3.06. The molecular formula is C8H6BrFO. The largest absolute Gasteiger partial charge is 0.298 e. The van der Waals surface area contributed by atoms with Crippen LogP contribution < -0.4 is 0 Å². The van der Waals surface area contributed by atoms with Crippen molar-refractivity contribution in [2.24, 2.45) is 0 Å². The third-order valence-electron chi connectivity index (χ3n) is 1.47. The molecule has 0 atom stereocenters. The van der Waals surface area contributed by atoms with Gasteiger partial charge < -0.3 is 0 Å². The lowest BCUT2D eigenvalue weighted by atomic mass is 10.1. The molecule has 3 heteroatoms. The van der Waals surface area contributed by atoms with Crippen LogP contribution in [0.4, 0.5) is 4.39 Å². The van der Waals surface area contributed by atoms with Crippen molar-refractivity contribution in [1.82, 2.24) is 0 Å². The molecule has 0 saturated carbocycles. The van der Waals surface area contributed by atoms with Gasteiger partial charge in [-0.1, -0.05) is 6.07 Å². The summed E-state index contributed by atoms with van der Waals surface area (Å²) in [6.45, 7) is 1.69. The van der Waals surface area contributed by atoms with Crippen molar-refractivity contribution in [3.05, 3.63) is 33.5 Å². The molecule has 0 N–H and O–H groups in total. The first-order valence-corrected chi connectivity index (χ1v) is 3.86. The zero-order valence-electron chi connectivity index (χ0n) is 5.90. The van der Waals surface area contributed by atoms with Crippen molar-refractivity contribution in [3.8, 4) is 0 Å². The average Bonchev–Trinajstić information content (AvgIpc) is 1.99. The summed E-state index contributed by atoms with van der Waals surface area (Å²) in [6, 6.07) is 3.27. The fourth-order valence-corrected chi connectivity index (χ4v) is 1.15. The lowest BCUT2D eigenvalue weighted by Crippen LogP contribution is -1.92. The highest BCUT2D eigenvalue weighted by Gasteiger charge is 2.07. The molecule has 0 aromatic heterocycles. The molecule has 1 rings (SSSR count). The number of carbonyl (C=O) groups excluding carboxylic acids is 1. The highest BCUT2D eigenvalue weighted by atomic mass is 79.9. The van der Waals surface area contributed by atoms with E-state index in [2.05, 4.69) is 15.9 Å². The van der Waals surface area contributed by atoms with E-state index in [1.165, 1.54) is 0 Å². The van der Waals surface area contributed by atoms with Gasteiger partial charge in [-0.25, -0.2) is 4.39 Å². The first kappa shape index (κ1) is 8.40. The predicted molar refractivity (Wildman–Crippen MR) is 44.2 cm³/mol. The number of aryl methyl sites for hydroxylation is 1. The van der Waals surface area contributed by atoms with Gasteiger partial charge in [0.15, 0.2) is 6.29 Å². The van der Waals surface area contributed by atoms with Crippen LogP contribution in [0, 0.1) is 12.7 Å². The molecule has 11 heavy (non-hydrogen) atoms. The van der Waals surface area contributed by atoms with Crippen LogP contribution in [0.3, 0.4) is 0 Å². The zero-order valence-corrected chi connectivity index (χ0v) is 7.48. The minimum atomic E-state index is -0.486. The van der Waals surface area contributed by atoms with E-state index < -0.39 is 5.82 Å². The van der Waals surface area contributed by atoms with E-state index in [0.717, 1.165) is 0 Å². The van der Waals surface area contributed by atoms with Gasteiger partial charge in [0, 0.05) is 0 Å². The molecule has 0 heterocycles. The highest BCUT2D eigenvalue weighted by Crippen LogP contribution is 2.20. The molecule has 0 saturated heterocycles. The van der Waals surface area contributed by atoms with Gasteiger partial charge in [-0.15, -0.1) is 0 Å². The fourth-order valence-electron chi connectivity index (χ4n) is 0.808. The molecule has 0 fully saturated rings. The summed E-state index contributed by atoms with van der Waals surface area (Å²) in [5.74, 6) is -0.486. The fraction of sp³-hybridized carbons (Fsp3) is 0.125. The molecule has 0 aliphatic heterocycles. The topological polar surface area (TPSA) is 17.1 Å². The number of carbonyl (C=O) groups is 1. The quantitative estimate of drug-likeness (QED) is 0.661. The lowest BCUT2D eigenvalue weighted by Gasteiger charge is -2.00. The molecular weight excluding hydrogens is 211 g/mol. The van der Waals surface area contributed by atoms with E-state index in [-0.39, 0.29) is 5.56 Å². The Morgan fingerprint density at radius 1 is 1.55 bits per heavy atom. The molecule has 1 aromatic rings. The third-order valence-corrected chi connectivity index (χ3v) is 2.08. The molecule has 58 valence electrons. The summed E-state index contributed by atoms with van der Waals surface area (Å²) >= 11 is 2.99. The zero-order chi connectivity index (χ0) is 8.43. The van der Waals surface area contributed by atoms with Crippen molar-refractivity contribution in [3.63, 3.8) is 0 Å². The molecule has 0 aliphatic rings. The second-order valence-electron chi connectivity index (χ2n) is 2.21. The molecule has 0 unspecified atom stereocenters. The summed E-state index contributed by atoms with van der Waals surface area (Å²) < 4.78 is 13.3. The number of aldehydes is 1. The van der Waals surface area contributed by atoms with E-state index in [4.69, 9.17) is 0 Å². The Morgan fingerprint density at radius 3 is 2.64 bits per heavy atom. The van der Waals surface area contributed by atoms with Crippen LogP contribution in [0.15, 0.2) is 16.6 Å². The van der Waals surface area contributed by atoms with Crippen molar-refractivity contribution < 1.29 is 9.18 Å². The second kappa shape index (κ2) is 3.13. The van der Waals surface area contributed by atoms with Gasteiger partial charge in [0.25, 0.3) is 0 Å². The van der Waals surface area contributed by atoms with Crippen molar-refractivity contribution in [2.45, 2.75) is 6.92 Å². The Hall–Kier alpha value is -0.700. The van der Waals surface area contributed by atoms with Gasteiger partial charge in [-0.3, -0.25) is 4.79 Å². The number of benzene rings is 1. The number of rotatable bonds is 1. The Kier molecular flexibility index (Phi) is 2.39. The van der Waals surface area contributed by atoms with Crippen LogP contribution in [-0.2, 0) is 0 Å². The van der Waals surface area contributed by atoms with Crippen molar-refractivity contribution in [1.29, 1.82) is 0 Å². The molecule has 0 aliphatic carbocycles. The van der Waals surface area contributed by atoms with Crippen molar-refractivity contribution in [2.75, 3.05) is 0 Å². The van der Waals surface area contributed by atoms with E-state index in [1.54, 1.807) is 19.1 Å². The van der Waals surface area contributed by atoms with Crippen LogP contribution in [0.5, 0.6) is 0 Å². The summed E-state index contributed by atoms with van der Waals surface area (Å²) in [5, 5.41) is 0. The SMILES string of the molecule is Cc1ccc(Br)c(F)c1C=O. The Morgan fingerprint density at radius 2 is 2.18 bits per heavy atom. The summed E-state index contributed by atoms with van der Waals surface area (Å²) in [5.41, 5.74) is 0.778. The Balaban J connectivity index is 3.40. The van der Waals surface area contributed by atoms with Gasteiger partial charge in [-0.05, 0) is 34.5 Å². The minimum Gasteiger partial charge on any atom is -0.298 e. The summed E-state index contributed by atoms with van der Waals surface area (Å²) in [4.78, 5) is 10.3. The van der Waals surface area contributed by atoms with Gasteiger partial charge in [0.1, 0.15) is 5.82 Å². The normalized spacial score (nSPS) is 9.73. The average molecular weight is 217 g/mol. The molecule has 0 spiro atoms. The summed E-state index contributed by atoms with van der Waals surface area (Å²) in [6.07, 6.45) is 0.523. The first-order chi connectivity index (χ1) is 5.16. The number of hydrogen-bond acceptors (Lipinski definition) is 1. The number of hydrogen-bond donors (Lipinski definition) is 0. The van der Waals surface area contributed by atoms with Crippen LogP contribution >= 0.6 is 15.9 Å². The molecule has 0 bridgehead atoms. The van der Waals surface area contributed by atoms with Crippen LogP contribution in [0.1, 0.15) is 15.9 Å². The second-order valence-corrected chi connectivity index (χ2v) is 3.06. The maximum atomic E-state index is 13.0. The predicted octanol–water partition coefficient (Wildman–Crippen LogP) is 2.71. The monoisotopic (exact) mass is 216 g/mol. The van der Waals surface area contributed by atoms with Crippen LogP contribution in [0.25, 0.3) is 0 Å². The third kappa shape index (κ3) is 1.48. The van der Waals surface area contributed by atoms with Crippen molar-refractivity contribution >= 4 is 22.2 Å². The van der Waals surface area contributed by atoms with Gasteiger partial charge in [-0.2, -0.15) is 0 Å². The molecule has 1 aromatic carbocycles. The minimum absolute atomic E-state index is 0.124. The van der Waals surface area contributed by atoms with Crippen LogP contribution in [0.2, 0.25) is 0 Å². The Bertz CT molecular complexity index is 296. The molecule has 1 nitrogen and oxygen atoms in total. The van der Waals surface area contributed by atoms with E-state index in [0.29, 0.717) is 16.3 Å². The van der Waals surface area contributed by atoms with E-state index >= 15 is 0 Å². The van der Waals surface area contributed by atoms with Gasteiger partial charge in [0.05, 0.1) is 10.0 Å². The lowest BCUT2D eigenvalue weighted by molar-refractivity contribution is 0.111. The van der Waals surface area contributed by atoms with Gasteiger partial charge in [0.2, 0.25) is 0 Å². The smallest absolute Gasteiger partial charge is 0.153 e. The highest BCUT2D eigenvalue weighted by molar-refractivity contribution is 9.10. The van der Waals surface area contributed by atoms with Gasteiger partial charge >= 0.3 is 0 Å². The number of halogens is 2. The van der Waals surface area contributed by atoms with E-state index in [9.17, 15) is 9.18 Å². The Labute approximate surface area is 72.4 Å². The molecule has 0 radical (unpaired) electrons. The maximum absolute atomic E-state index is 13.0. The molecule has 0 amide bonds. The standard InChI is InChI=1S/C8H6BrFO/c1-5-2-3-7(9)8(10)6(5)4-11/h2-4H,1H3. The maximum Gasteiger partial charge on any atom is 0.153 e. The summed E-state index contributed by atoms with van der Waals surface area (Å²) in [7, 11) is 0. The van der Waals surface area contributed by atoms with Crippen LogP contribution in [-0.4, -0.2) is 6.29 Å².